The van der Waals surface area contributed by atoms with Crippen molar-refractivity contribution in [1.82, 2.24) is 9.13 Å². The molecule has 0 atom stereocenters. The van der Waals surface area contributed by atoms with Crippen LogP contribution in [0.1, 0.15) is 16.7 Å². The third-order valence-corrected chi connectivity index (χ3v) is 4.76. The third kappa shape index (κ3) is 4.40. The van der Waals surface area contributed by atoms with Crippen molar-refractivity contribution in [2.24, 2.45) is 0 Å². The number of amides is 1. The molecule has 1 heterocycles. The molecule has 1 N–H and O–H groups in total. The van der Waals surface area contributed by atoms with Gasteiger partial charge in [0.2, 0.25) is 5.91 Å². The topological polar surface area (TPSA) is 73.1 Å². The highest BCUT2D eigenvalue weighted by molar-refractivity contribution is 6.31. The minimum atomic E-state index is -0.566. The first-order valence-electron chi connectivity index (χ1n) is 8.76. The Balaban J connectivity index is 1.84. The SMILES string of the molecule is Cc1ccc(NC(=O)Cn2c(=O)ccn(Cc3ccccc3Cl)c2=O)c(C)c1. The van der Waals surface area contributed by atoms with Crippen LogP contribution >= 0.6 is 11.6 Å². The summed E-state index contributed by atoms with van der Waals surface area (Å²) in [5.41, 5.74) is 2.29. The zero-order valence-electron chi connectivity index (χ0n) is 15.6. The van der Waals surface area contributed by atoms with Gasteiger partial charge in [-0.15, -0.1) is 0 Å². The Kier molecular flexibility index (Phi) is 5.80. The number of anilines is 1. The van der Waals surface area contributed by atoms with Crippen LogP contribution < -0.4 is 16.6 Å². The maximum atomic E-state index is 12.7. The lowest BCUT2D eigenvalue weighted by Crippen LogP contribution is -2.41. The molecule has 0 fully saturated rings. The highest BCUT2D eigenvalue weighted by Crippen LogP contribution is 2.16. The molecular formula is C21H20ClN3O3. The van der Waals surface area contributed by atoms with Gasteiger partial charge in [0.05, 0.1) is 6.54 Å². The molecule has 0 radical (unpaired) electrons. The molecule has 0 saturated heterocycles. The summed E-state index contributed by atoms with van der Waals surface area (Å²) in [5.74, 6) is -0.443. The molecule has 2 aromatic carbocycles. The largest absolute Gasteiger partial charge is 0.331 e. The van der Waals surface area contributed by atoms with Gasteiger partial charge in [-0.05, 0) is 37.1 Å². The van der Waals surface area contributed by atoms with Crippen LogP contribution in [-0.2, 0) is 17.9 Å². The van der Waals surface area contributed by atoms with Crippen LogP contribution in [0.3, 0.4) is 0 Å². The van der Waals surface area contributed by atoms with E-state index in [1.54, 1.807) is 24.3 Å². The van der Waals surface area contributed by atoms with Gasteiger partial charge in [-0.1, -0.05) is 47.5 Å². The van der Waals surface area contributed by atoms with Crippen molar-refractivity contribution < 1.29 is 4.79 Å². The fourth-order valence-corrected chi connectivity index (χ4v) is 3.12. The molecule has 1 amide bonds. The number of aryl methyl sites for hydroxylation is 2. The number of nitrogens with one attached hydrogen (secondary N) is 1. The van der Waals surface area contributed by atoms with E-state index in [1.807, 2.05) is 32.0 Å². The predicted molar refractivity (Wildman–Crippen MR) is 110 cm³/mol. The summed E-state index contributed by atoms with van der Waals surface area (Å²) in [6, 6.07) is 14.0. The average molecular weight is 398 g/mol. The van der Waals surface area contributed by atoms with E-state index in [2.05, 4.69) is 5.32 Å². The van der Waals surface area contributed by atoms with Crippen molar-refractivity contribution >= 4 is 23.2 Å². The lowest BCUT2D eigenvalue weighted by atomic mass is 10.1. The van der Waals surface area contributed by atoms with Gasteiger partial charge >= 0.3 is 5.69 Å². The molecule has 0 bridgehead atoms. The molecule has 0 saturated carbocycles. The number of hydrogen-bond donors (Lipinski definition) is 1. The molecular weight excluding hydrogens is 378 g/mol. The number of carbonyl (C=O) groups excluding carboxylic acids is 1. The van der Waals surface area contributed by atoms with Crippen LogP contribution in [0.2, 0.25) is 5.02 Å². The van der Waals surface area contributed by atoms with Gasteiger partial charge < -0.3 is 5.32 Å². The minimum absolute atomic E-state index is 0.206. The summed E-state index contributed by atoms with van der Waals surface area (Å²) in [5, 5.41) is 3.28. The van der Waals surface area contributed by atoms with Gasteiger partial charge in [-0.25, -0.2) is 4.79 Å². The Morgan fingerprint density at radius 3 is 2.54 bits per heavy atom. The van der Waals surface area contributed by atoms with Crippen molar-refractivity contribution in [3.8, 4) is 0 Å². The zero-order chi connectivity index (χ0) is 20.3. The van der Waals surface area contributed by atoms with E-state index in [1.165, 1.54) is 16.8 Å². The fourth-order valence-electron chi connectivity index (χ4n) is 2.92. The standard InChI is InChI=1S/C21H20ClN3O3/c1-14-7-8-18(15(2)11-14)23-19(26)13-25-20(27)9-10-24(21(25)28)12-16-5-3-4-6-17(16)22/h3-11H,12-13H2,1-2H3,(H,23,26). The fraction of sp³-hybridized carbons (Fsp3) is 0.190. The maximum absolute atomic E-state index is 12.7. The number of nitrogens with zero attached hydrogens (tertiary/aromatic N) is 2. The number of halogens is 1. The molecule has 144 valence electrons. The van der Waals surface area contributed by atoms with Crippen molar-refractivity contribution in [3.05, 3.63) is 97.3 Å². The number of benzene rings is 2. The van der Waals surface area contributed by atoms with Crippen LogP contribution in [0.15, 0.2) is 64.3 Å². The summed E-state index contributed by atoms with van der Waals surface area (Å²) in [6.45, 7) is 3.68. The van der Waals surface area contributed by atoms with E-state index < -0.39 is 17.2 Å². The average Bonchev–Trinajstić information content (AvgIpc) is 2.65. The van der Waals surface area contributed by atoms with Gasteiger partial charge in [0, 0.05) is 23.0 Å². The Bertz CT molecular complexity index is 1150. The third-order valence-electron chi connectivity index (χ3n) is 4.40. The molecule has 0 aliphatic heterocycles. The van der Waals surface area contributed by atoms with E-state index in [0.29, 0.717) is 10.7 Å². The highest BCUT2D eigenvalue weighted by Gasteiger charge is 2.12. The maximum Gasteiger partial charge on any atom is 0.331 e. The van der Waals surface area contributed by atoms with Crippen LogP contribution in [0, 0.1) is 13.8 Å². The number of aromatic nitrogens is 2. The van der Waals surface area contributed by atoms with Gasteiger partial charge in [-0.3, -0.25) is 18.7 Å². The van der Waals surface area contributed by atoms with Gasteiger partial charge in [-0.2, -0.15) is 0 Å². The normalized spacial score (nSPS) is 10.7. The predicted octanol–water partition coefficient (Wildman–Crippen LogP) is 2.97. The Morgan fingerprint density at radius 2 is 1.82 bits per heavy atom. The van der Waals surface area contributed by atoms with E-state index in [-0.39, 0.29) is 13.1 Å². The molecule has 1 aromatic heterocycles. The second kappa shape index (κ2) is 8.27. The Labute approximate surface area is 167 Å². The number of carbonyl (C=O) groups is 1. The number of rotatable bonds is 5. The first-order valence-corrected chi connectivity index (χ1v) is 9.14. The van der Waals surface area contributed by atoms with Crippen LogP contribution in [0.25, 0.3) is 0 Å². The van der Waals surface area contributed by atoms with E-state index in [4.69, 9.17) is 11.6 Å². The monoisotopic (exact) mass is 397 g/mol. The summed E-state index contributed by atoms with van der Waals surface area (Å²) >= 11 is 6.15. The highest BCUT2D eigenvalue weighted by atomic mass is 35.5. The van der Waals surface area contributed by atoms with E-state index in [9.17, 15) is 14.4 Å². The molecule has 0 spiro atoms. The quantitative estimate of drug-likeness (QED) is 0.719. The zero-order valence-corrected chi connectivity index (χ0v) is 16.4. The van der Waals surface area contributed by atoms with Crippen molar-refractivity contribution in [2.45, 2.75) is 26.9 Å². The molecule has 0 unspecified atom stereocenters. The van der Waals surface area contributed by atoms with Gasteiger partial charge in [0.25, 0.3) is 5.56 Å². The van der Waals surface area contributed by atoms with Gasteiger partial charge in [0.15, 0.2) is 0 Å². The molecule has 28 heavy (non-hydrogen) atoms. The molecule has 3 aromatic rings. The molecule has 0 aliphatic carbocycles. The second-order valence-electron chi connectivity index (χ2n) is 6.61. The Hall–Kier alpha value is -3.12. The first kappa shape index (κ1) is 19.6. The summed E-state index contributed by atoms with van der Waals surface area (Å²) in [6.07, 6.45) is 1.41. The molecule has 3 rings (SSSR count). The van der Waals surface area contributed by atoms with Crippen molar-refractivity contribution in [2.75, 3.05) is 5.32 Å². The first-order chi connectivity index (χ1) is 13.3. The lowest BCUT2D eigenvalue weighted by Gasteiger charge is -2.12. The van der Waals surface area contributed by atoms with E-state index >= 15 is 0 Å². The van der Waals surface area contributed by atoms with Crippen LogP contribution in [0.5, 0.6) is 0 Å². The minimum Gasteiger partial charge on any atom is -0.324 e. The molecule has 0 aliphatic rings. The van der Waals surface area contributed by atoms with Crippen molar-refractivity contribution in [3.63, 3.8) is 0 Å². The lowest BCUT2D eigenvalue weighted by molar-refractivity contribution is -0.116. The number of hydrogen-bond acceptors (Lipinski definition) is 3. The molecule has 6 nitrogen and oxygen atoms in total. The van der Waals surface area contributed by atoms with Crippen molar-refractivity contribution in [1.29, 1.82) is 0 Å². The summed E-state index contributed by atoms with van der Waals surface area (Å²) in [7, 11) is 0. The summed E-state index contributed by atoms with van der Waals surface area (Å²) < 4.78 is 2.27. The van der Waals surface area contributed by atoms with Crippen LogP contribution in [-0.4, -0.2) is 15.0 Å². The van der Waals surface area contributed by atoms with E-state index in [0.717, 1.165) is 21.3 Å². The summed E-state index contributed by atoms with van der Waals surface area (Å²) in [4.78, 5) is 37.3. The smallest absolute Gasteiger partial charge is 0.324 e. The second-order valence-corrected chi connectivity index (χ2v) is 7.02. The molecule has 7 heteroatoms. The van der Waals surface area contributed by atoms with Crippen LogP contribution in [0.4, 0.5) is 5.69 Å². The van der Waals surface area contributed by atoms with Gasteiger partial charge in [0.1, 0.15) is 6.54 Å². The Morgan fingerprint density at radius 1 is 1.07 bits per heavy atom.